The van der Waals surface area contributed by atoms with E-state index in [4.69, 9.17) is 11.5 Å². The molecular formula is C13H20N6O2. The molecule has 1 aliphatic rings. The second kappa shape index (κ2) is 5.12. The molecule has 0 aromatic carbocycles. The molecule has 1 saturated carbocycles. The van der Waals surface area contributed by atoms with Gasteiger partial charge in [0, 0.05) is 18.6 Å². The molecule has 0 spiro atoms. The number of fused-ring (bicyclic) bond motifs is 1. The van der Waals surface area contributed by atoms with Crippen LogP contribution in [0.2, 0.25) is 0 Å². The van der Waals surface area contributed by atoms with Crippen LogP contribution in [0.15, 0.2) is 6.33 Å². The summed E-state index contributed by atoms with van der Waals surface area (Å²) in [7, 11) is 0. The van der Waals surface area contributed by atoms with Crippen LogP contribution in [0.5, 0.6) is 0 Å². The highest BCUT2D eigenvalue weighted by Crippen LogP contribution is 2.47. The van der Waals surface area contributed by atoms with Crippen molar-refractivity contribution >= 4 is 22.9 Å². The van der Waals surface area contributed by atoms with E-state index in [2.05, 4.69) is 15.0 Å². The smallest absolute Gasteiger partial charge is 0.224 e. The van der Waals surface area contributed by atoms with Gasteiger partial charge in [-0.1, -0.05) is 6.92 Å². The predicted molar refractivity (Wildman–Crippen MR) is 78.2 cm³/mol. The van der Waals surface area contributed by atoms with Gasteiger partial charge in [-0.15, -0.1) is 0 Å². The normalized spacial score (nSPS) is 26.7. The number of nitrogen functional groups attached to an aromatic ring is 2. The van der Waals surface area contributed by atoms with E-state index in [1.165, 1.54) is 0 Å². The van der Waals surface area contributed by atoms with Gasteiger partial charge >= 0.3 is 0 Å². The van der Waals surface area contributed by atoms with Crippen LogP contribution in [0.3, 0.4) is 0 Å². The predicted octanol–water partition coefficient (Wildman–Crippen LogP) is -0.0689. The van der Waals surface area contributed by atoms with Crippen molar-refractivity contribution in [3.05, 3.63) is 6.33 Å². The third-order valence-electron chi connectivity index (χ3n) is 4.45. The largest absolute Gasteiger partial charge is 0.396 e. The fraction of sp³-hybridized carbons (Fsp3) is 0.615. The SMILES string of the molecule is CCC(O)C1C(CO)CC1n1cnc2c(N)nc(N)nc21. The molecule has 8 nitrogen and oxygen atoms in total. The summed E-state index contributed by atoms with van der Waals surface area (Å²) in [5.41, 5.74) is 12.6. The zero-order valence-electron chi connectivity index (χ0n) is 11.8. The van der Waals surface area contributed by atoms with Gasteiger partial charge in [0.2, 0.25) is 5.95 Å². The third kappa shape index (κ3) is 2.11. The van der Waals surface area contributed by atoms with Gasteiger partial charge in [-0.05, 0) is 18.8 Å². The van der Waals surface area contributed by atoms with Crippen molar-refractivity contribution in [1.29, 1.82) is 0 Å². The number of nitrogens with zero attached hydrogens (tertiary/aromatic N) is 4. The van der Waals surface area contributed by atoms with E-state index in [1.807, 2.05) is 11.5 Å². The van der Waals surface area contributed by atoms with Crippen molar-refractivity contribution in [2.24, 2.45) is 11.8 Å². The first kappa shape index (κ1) is 14.0. The van der Waals surface area contributed by atoms with Crippen molar-refractivity contribution in [3.63, 3.8) is 0 Å². The fourth-order valence-electron chi connectivity index (χ4n) is 3.28. The number of rotatable bonds is 4. The van der Waals surface area contributed by atoms with E-state index in [0.29, 0.717) is 17.6 Å². The average molecular weight is 292 g/mol. The summed E-state index contributed by atoms with van der Waals surface area (Å²) in [6, 6.07) is 0.0378. The molecule has 2 heterocycles. The Labute approximate surface area is 121 Å². The van der Waals surface area contributed by atoms with Gasteiger partial charge in [0.25, 0.3) is 0 Å². The zero-order chi connectivity index (χ0) is 15.1. The van der Waals surface area contributed by atoms with Crippen molar-refractivity contribution in [1.82, 2.24) is 19.5 Å². The summed E-state index contributed by atoms with van der Waals surface area (Å²) in [6.07, 6.45) is 2.61. The van der Waals surface area contributed by atoms with E-state index < -0.39 is 6.10 Å². The Hall–Kier alpha value is -1.93. The fourth-order valence-corrected chi connectivity index (χ4v) is 3.28. The first-order chi connectivity index (χ1) is 10.1. The van der Waals surface area contributed by atoms with Crippen LogP contribution >= 0.6 is 0 Å². The molecule has 4 atom stereocenters. The highest BCUT2D eigenvalue weighted by atomic mass is 16.3. The summed E-state index contributed by atoms with van der Waals surface area (Å²) < 4.78 is 1.89. The number of anilines is 2. The molecule has 0 aliphatic heterocycles. The van der Waals surface area contributed by atoms with Gasteiger partial charge in [0.05, 0.1) is 12.4 Å². The van der Waals surface area contributed by atoms with Crippen LogP contribution in [0, 0.1) is 11.8 Å². The number of hydrogen-bond donors (Lipinski definition) is 4. The highest BCUT2D eigenvalue weighted by Gasteiger charge is 2.45. The van der Waals surface area contributed by atoms with E-state index in [0.717, 1.165) is 6.42 Å². The van der Waals surface area contributed by atoms with E-state index >= 15 is 0 Å². The lowest BCUT2D eigenvalue weighted by atomic mass is 9.66. The number of nitrogens with two attached hydrogens (primary N) is 2. The molecule has 8 heteroatoms. The monoisotopic (exact) mass is 292 g/mol. The standard InChI is InChI=1S/C13H20N6O2/c1-2-8(21)9-6(4-20)3-7(9)19-5-16-10-11(14)17-13(15)18-12(10)19/h5-9,20-21H,2-4H2,1H3,(H4,14,15,17,18). The minimum atomic E-state index is -0.463. The first-order valence-corrected chi connectivity index (χ1v) is 7.11. The maximum atomic E-state index is 10.2. The second-order valence-corrected chi connectivity index (χ2v) is 5.59. The lowest BCUT2D eigenvalue weighted by molar-refractivity contribution is -0.0554. The number of aliphatic hydroxyl groups excluding tert-OH is 2. The van der Waals surface area contributed by atoms with Crippen LogP contribution in [-0.2, 0) is 0 Å². The first-order valence-electron chi connectivity index (χ1n) is 7.11. The minimum Gasteiger partial charge on any atom is -0.396 e. The zero-order valence-corrected chi connectivity index (χ0v) is 11.8. The van der Waals surface area contributed by atoms with Crippen LogP contribution in [0.1, 0.15) is 25.8 Å². The molecule has 0 radical (unpaired) electrons. The molecular weight excluding hydrogens is 272 g/mol. The highest BCUT2D eigenvalue weighted by molar-refractivity contribution is 5.82. The molecule has 0 saturated heterocycles. The number of hydrogen-bond acceptors (Lipinski definition) is 7. The summed E-state index contributed by atoms with van der Waals surface area (Å²) >= 11 is 0. The van der Waals surface area contributed by atoms with Gasteiger partial charge in [-0.3, -0.25) is 0 Å². The summed E-state index contributed by atoms with van der Waals surface area (Å²) in [4.78, 5) is 12.4. The molecule has 4 unspecified atom stereocenters. The second-order valence-electron chi connectivity index (χ2n) is 5.59. The summed E-state index contributed by atoms with van der Waals surface area (Å²) in [5, 5.41) is 19.6. The molecule has 114 valence electrons. The third-order valence-corrected chi connectivity index (χ3v) is 4.45. The van der Waals surface area contributed by atoms with E-state index in [-0.39, 0.29) is 36.3 Å². The number of aromatic nitrogens is 4. The maximum Gasteiger partial charge on any atom is 0.224 e. The molecule has 1 aliphatic carbocycles. The Morgan fingerprint density at radius 1 is 1.43 bits per heavy atom. The average Bonchev–Trinajstić information content (AvgIpc) is 2.82. The molecule has 1 fully saturated rings. The number of imidazole rings is 1. The van der Waals surface area contributed by atoms with Gasteiger partial charge in [-0.25, -0.2) is 4.98 Å². The lowest BCUT2D eigenvalue weighted by Crippen LogP contribution is -2.46. The Morgan fingerprint density at radius 2 is 2.19 bits per heavy atom. The maximum absolute atomic E-state index is 10.2. The molecule has 0 bridgehead atoms. The summed E-state index contributed by atoms with van der Waals surface area (Å²) in [6.45, 7) is 2.00. The van der Waals surface area contributed by atoms with Crippen molar-refractivity contribution < 1.29 is 10.2 Å². The van der Waals surface area contributed by atoms with Crippen LogP contribution in [-0.4, -0.2) is 42.4 Å². The number of aliphatic hydroxyl groups is 2. The minimum absolute atomic E-state index is 0.0187. The van der Waals surface area contributed by atoms with Crippen LogP contribution < -0.4 is 11.5 Å². The molecule has 0 amide bonds. The van der Waals surface area contributed by atoms with Gasteiger partial charge < -0.3 is 26.2 Å². The van der Waals surface area contributed by atoms with Gasteiger partial charge in [-0.2, -0.15) is 9.97 Å². The Kier molecular flexibility index (Phi) is 3.42. The van der Waals surface area contributed by atoms with Crippen molar-refractivity contribution in [3.8, 4) is 0 Å². The van der Waals surface area contributed by atoms with Gasteiger partial charge in [0.1, 0.15) is 5.52 Å². The molecule has 6 N–H and O–H groups in total. The van der Waals surface area contributed by atoms with Crippen LogP contribution in [0.25, 0.3) is 11.2 Å². The Morgan fingerprint density at radius 3 is 2.86 bits per heavy atom. The topological polar surface area (TPSA) is 136 Å². The van der Waals surface area contributed by atoms with E-state index in [9.17, 15) is 10.2 Å². The van der Waals surface area contributed by atoms with Crippen molar-refractivity contribution in [2.45, 2.75) is 31.9 Å². The van der Waals surface area contributed by atoms with Gasteiger partial charge in [0.15, 0.2) is 11.5 Å². The summed E-state index contributed by atoms with van der Waals surface area (Å²) in [5.74, 6) is 0.433. The van der Waals surface area contributed by atoms with Crippen molar-refractivity contribution in [2.75, 3.05) is 18.1 Å². The quantitative estimate of drug-likeness (QED) is 0.619. The molecule has 21 heavy (non-hydrogen) atoms. The Balaban J connectivity index is 2.01. The Bertz CT molecular complexity index is 651. The molecule has 2 aromatic heterocycles. The molecule has 3 rings (SSSR count). The lowest BCUT2D eigenvalue weighted by Gasteiger charge is -2.46. The van der Waals surface area contributed by atoms with Crippen LogP contribution in [0.4, 0.5) is 11.8 Å². The van der Waals surface area contributed by atoms with E-state index in [1.54, 1.807) is 6.33 Å². The molecule has 2 aromatic rings.